The molecule has 10 heteroatoms. The van der Waals surface area contributed by atoms with Crippen molar-refractivity contribution in [1.82, 2.24) is 24.8 Å². The molecule has 0 bridgehead atoms. The number of thiazole rings is 1. The number of amides is 1. The monoisotopic (exact) mass is 473 g/mol. The summed E-state index contributed by atoms with van der Waals surface area (Å²) in [6, 6.07) is 9.27. The van der Waals surface area contributed by atoms with Crippen molar-refractivity contribution < 1.29 is 9.59 Å². The number of rotatable bonds is 6. The normalized spacial score (nSPS) is 14.4. The molecule has 4 heterocycles. The molecule has 34 heavy (non-hydrogen) atoms. The van der Waals surface area contributed by atoms with Crippen molar-refractivity contribution >= 4 is 39.7 Å². The Balaban J connectivity index is 1.35. The molecule has 3 aromatic heterocycles. The summed E-state index contributed by atoms with van der Waals surface area (Å²) in [5.74, 6) is 0.713. The van der Waals surface area contributed by atoms with Crippen LogP contribution in [0.15, 0.2) is 48.9 Å². The van der Waals surface area contributed by atoms with Gasteiger partial charge in [-0.25, -0.2) is 19.9 Å². The molecule has 0 unspecified atom stereocenters. The first-order valence-corrected chi connectivity index (χ1v) is 11.7. The third-order valence-corrected chi connectivity index (χ3v) is 6.90. The number of piperazine rings is 1. The Morgan fingerprint density at radius 2 is 1.85 bits per heavy atom. The molecule has 0 atom stereocenters. The molecular weight excluding hydrogens is 450 g/mol. The Morgan fingerprint density at radius 1 is 1.03 bits per heavy atom. The van der Waals surface area contributed by atoms with Crippen LogP contribution in [0.25, 0.3) is 21.5 Å². The van der Waals surface area contributed by atoms with Crippen LogP contribution in [0.3, 0.4) is 0 Å². The first kappa shape index (κ1) is 22.1. The number of nitrogens with zero attached hydrogens (tertiary/aromatic N) is 6. The van der Waals surface area contributed by atoms with Crippen LogP contribution in [0.5, 0.6) is 0 Å². The van der Waals surface area contributed by atoms with Gasteiger partial charge in [0.05, 0.1) is 18.1 Å². The number of carbonyl (C=O) groups excluding carboxylic acids is 2. The topological polar surface area (TPSA) is 118 Å². The highest BCUT2D eigenvalue weighted by molar-refractivity contribution is 7.16. The van der Waals surface area contributed by atoms with Gasteiger partial charge in [-0.05, 0) is 25.2 Å². The van der Waals surface area contributed by atoms with Crippen LogP contribution in [0.2, 0.25) is 0 Å². The lowest BCUT2D eigenvalue weighted by molar-refractivity contribution is 0.0986. The van der Waals surface area contributed by atoms with Gasteiger partial charge in [0.1, 0.15) is 21.5 Å². The minimum atomic E-state index is -0.500. The number of carbonyl (C=O) groups is 2. The first-order chi connectivity index (χ1) is 16.5. The van der Waals surface area contributed by atoms with Crippen LogP contribution in [0.1, 0.15) is 25.9 Å². The molecule has 1 saturated heterocycles. The van der Waals surface area contributed by atoms with Crippen LogP contribution in [0.4, 0.5) is 5.82 Å². The predicted octanol–water partition coefficient (Wildman–Crippen LogP) is 2.42. The number of primary amides is 1. The van der Waals surface area contributed by atoms with E-state index in [4.69, 9.17) is 5.73 Å². The second-order valence-corrected chi connectivity index (χ2v) is 9.28. The SMILES string of the molecule is CN1CCN(c2cc(C(=O)Cc3ncc4ccc(-c5ncc(C(N)=O)s5)cc4n3)ccn2)CC1. The van der Waals surface area contributed by atoms with Gasteiger partial charge in [-0.15, -0.1) is 11.3 Å². The summed E-state index contributed by atoms with van der Waals surface area (Å²) in [5.41, 5.74) is 7.47. The number of anilines is 1. The molecule has 2 N–H and O–H groups in total. The van der Waals surface area contributed by atoms with Gasteiger partial charge in [0.25, 0.3) is 5.91 Å². The quantitative estimate of drug-likeness (QED) is 0.424. The van der Waals surface area contributed by atoms with Crippen molar-refractivity contribution in [2.45, 2.75) is 6.42 Å². The maximum absolute atomic E-state index is 13.0. The van der Waals surface area contributed by atoms with Crippen molar-refractivity contribution in [2.24, 2.45) is 5.73 Å². The number of ketones is 1. The fourth-order valence-corrected chi connectivity index (χ4v) is 4.61. The largest absolute Gasteiger partial charge is 0.365 e. The van der Waals surface area contributed by atoms with Gasteiger partial charge in [-0.1, -0.05) is 12.1 Å². The van der Waals surface area contributed by atoms with Gasteiger partial charge in [-0.2, -0.15) is 0 Å². The fraction of sp³-hybridized carbons (Fsp3) is 0.250. The lowest BCUT2D eigenvalue weighted by Crippen LogP contribution is -2.44. The zero-order valence-corrected chi connectivity index (χ0v) is 19.5. The van der Waals surface area contributed by atoms with E-state index < -0.39 is 5.91 Å². The molecule has 0 radical (unpaired) electrons. The Kier molecular flexibility index (Phi) is 5.99. The Labute approximate surface area is 200 Å². The summed E-state index contributed by atoms with van der Waals surface area (Å²) in [7, 11) is 2.10. The molecule has 1 aliphatic heterocycles. The van der Waals surface area contributed by atoms with E-state index in [2.05, 4.69) is 36.8 Å². The number of fused-ring (bicyclic) bond motifs is 1. The minimum Gasteiger partial charge on any atom is -0.365 e. The van der Waals surface area contributed by atoms with Crippen LogP contribution in [-0.2, 0) is 6.42 Å². The van der Waals surface area contributed by atoms with E-state index in [0.29, 0.717) is 26.8 Å². The van der Waals surface area contributed by atoms with E-state index in [0.717, 1.165) is 42.9 Å². The lowest BCUT2D eigenvalue weighted by atomic mass is 10.1. The minimum absolute atomic E-state index is 0.0562. The highest BCUT2D eigenvalue weighted by atomic mass is 32.1. The maximum atomic E-state index is 13.0. The smallest absolute Gasteiger partial charge is 0.260 e. The van der Waals surface area contributed by atoms with Crippen molar-refractivity contribution in [1.29, 1.82) is 0 Å². The van der Waals surface area contributed by atoms with Gasteiger partial charge in [0, 0.05) is 55.1 Å². The Morgan fingerprint density at radius 3 is 2.62 bits per heavy atom. The lowest BCUT2D eigenvalue weighted by Gasteiger charge is -2.33. The second-order valence-electron chi connectivity index (χ2n) is 8.25. The molecule has 0 aliphatic carbocycles. The van der Waals surface area contributed by atoms with E-state index in [1.807, 2.05) is 24.3 Å². The van der Waals surface area contributed by atoms with Gasteiger partial charge in [0.2, 0.25) is 0 Å². The van der Waals surface area contributed by atoms with Gasteiger partial charge >= 0.3 is 0 Å². The summed E-state index contributed by atoms with van der Waals surface area (Å²) in [5, 5.41) is 1.54. The number of hydrogen-bond donors (Lipinski definition) is 1. The van der Waals surface area contributed by atoms with Crippen LogP contribution in [0, 0.1) is 0 Å². The number of benzene rings is 1. The summed E-state index contributed by atoms with van der Waals surface area (Å²) < 4.78 is 0. The average molecular weight is 474 g/mol. The highest BCUT2D eigenvalue weighted by Gasteiger charge is 2.18. The molecular formula is C24H23N7O2S. The van der Waals surface area contributed by atoms with E-state index in [9.17, 15) is 9.59 Å². The van der Waals surface area contributed by atoms with Gasteiger partial charge in [0.15, 0.2) is 5.78 Å². The molecule has 9 nitrogen and oxygen atoms in total. The number of hydrogen-bond acceptors (Lipinski definition) is 9. The zero-order chi connectivity index (χ0) is 23.7. The Hall–Kier alpha value is -3.76. The standard InChI is InChI=1S/C24H23N7O2S/c1-30-6-8-31(9-7-30)22-11-15(4-5-26-22)19(32)12-21-27-13-17-3-2-16(10-18(17)29-21)24-28-14-20(34-24)23(25)33/h2-5,10-11,13-14H,6-9,12H2,1H3,(H2,25,33). The number of nitrogens with two attached hydrogens (primary N) is 1. The molecule has 1 amide bonds. The summed E-state index contributed by atoms with van der Waals surface area (Å²) in [6.45, 7) is 3.71. The molecule has 4 aromatic rings. The number of pyridine rings is 1. The number of Topliss-reactive ketones (excluding diaryl/α,β-unsaturated/α-hetero) is 1. The summed E-state index contributed by atoms with van der Waals surface area (Å²) in [6.07, 6.45) is 4.97. The van der Waals surface area contributed by atoms with Crippen molar-refractivity contribution in [3.63, 3.8) is 0 Å². The molecule has 0 saturated carbocycles. The number of likely N-dealkylation sites (N-methyl/N-ethyl adjacent to an activating group) is 1. The molecule has 172 valence electrons. The molecule has 1 fully saturated rings. The van der Waals surface area contributed by atoms with Gasteiger partial charge in [-0.3, -0.25) is 9.59 Å². The summed E-state index contributed by atoms with van der Waals surface area (Å²) >= 11 is 1.23. The van der Waals surface area contributed by atoms with Crippen molar-refractivity contribution in [3.8, 4) is 10.6 Å². The average Bonchev–Trinajstić information content (AvgIpc) is 3.35. The van der Waals surface area contributed by atoms with E-state index >= 15 is 0 Å². The zero-order valence-electron chi connectivity index (χ0n) is 18.6. The Bertz CT molecular complexity index is 1380. The fourth-order valence-electron chi connectivity index (χ4n) is 3.85. The third-order valence-electron chi connectivity index (χ3n) is 5.84. The molecule has 1 aliphatic rings. The van der Waals surface area contributed by atoms with Crippen LogP contribution in [-0.4, -0.2) is 69.8 Å². The molecule has 1 aromatic carbocycles. The molecule has 0 spiro atoms. The van der Waals surface area contributed by atoms with Crippen LogP contribution < -0.4 is 10.6 Å². The van der Waals surface area contributed by atoms with Crippen LogP contribution >= 0.6 is 11.3 Å². The van der Waals surface area contributed by atoms with E-state index in [1.54, 1.807) is 18.5 Å². The van der Waals surface area contributed by atoms with Crippen molar-refractivity contribution in [2.75, 3.05) is 38.1 Å². The second kappa shape index (κ2) is 9.24. The third kappa shape index (κ3) is 4.63. The predicted molar refractivity (Wildman–Crippen MR) is 131 cm³/mol. The maximum Gasteiger partial charge on any atom is 0.260 e. The number of aromatic nitrogens is 4. The van der Waals surface area contributed by atoms with Gasteiger partial charge < -0.3 is 15.5 Å². The first-order valence-electron chi connectivity index (χ1n) is 10.9. The van der Waals surface area contributed by atoms with E-state index in [-0.39, 0.29) is 12.2 Å². The molecule has 5 rings (SSSR count). The summed E-state index contributed by atoms with van der Waals surface area (Å²) in [4.78, 5) is 47.0. The highest BCUT2D eigenvalue weighted by Crippen LogP contribution is 2.27. The van der Waals surface area contributed by atoms with Crippen molar-refractivity contribution in [3.05, 3.63) is 65.2 Å². The van der Waals surface area contributed by atoms with E-state index in [1.165, 1.54) is 17.5 Å².